The molecule has 0 atom stereocenters. The largest absolute Gasteiger partial charge is 0.376 e. The Morgan fingerprint density at radius 2 is 1.41 bits per heavy atom. The van der Waals surface area contributed by atoms with Gasteiger partial charge in [-0.05, 0) is 26.3 Å². The van der Waals surface area contributed by atoms with Crippen LogP contribution in [0.2, 0.25) is 0 Å². The van der Waals surface area contributed by atoms with Gasteiger partial charge in [-0.15, -0.1) is 13.2 Å². The Labute approximate surface area is 190 Å². The molecule has 0 bridgehead atoms. The van der Waals surface area contributed by atoms with Crippen LogP contribution >= 0.6 is 15.2 Å². The van der Waals surface area contributed by atoms with Crippen LogP contribution in [0.1, 0.15) is 32.6 Å². The van der Waals surface area contributed by atoms with Crippen LogP contribution < -0.4 is 5.32 Å². The van der Waals surface area contributed by atoms with E-state index in [-0.39, 0.29) is 25.7 Å². The standard InChI is InChI=1S/C19H38N2O9P2/c1-4-12-29-14-19(3,15-30-13-5-2)18(22)20-10-8-6-7-9-11-21(16-31(23,24)25)17-32(26,27)28/h4-5H,1-2,6-17H2,3H3,(H,20,22)(H2,23,24,25)(H2,26,27,28). The lowest BCUT2D eigenvalue weighted by Gasteiger charge is -2.27. The predicted molar refractivity (Wildman–Crippen MR) is 122 cm³/mol. The lowest BCUT2D eigenvalue weighted by Crippen LogP contribution is -2.45. The molecule has 13 heteroatoms. The molecule has 11 nitrogen and oxygen atoms in total. The van der Waals surface area contributed by atoms with E-state index < -0.39 is 33.2 Å². The molecule has 0 heterocycles. The smallest absolute Gasteiger partial charge is 0.339 e. The third kappa shape index (κ3) is 16.7. The van der Waals surface area contributed by atoms with E-state index in [9.17, 15) is 13.9 Å². The zero-order chi connectivity index (χ0) is 24.7. The molecule has 0 unspecified atom stereocenters. The summed E-state index contributed by atoms with van der Waals surface area (Å²) >= 11 is 0. The highest BCUT2D eigenvalue weighted by Crippen LogP contribution is 2.40. The maximum absolute atomic E-state index is 12.6. The first kappa shape index (κ1) is 31.1. The molecule has 0 aromatic carbocycles. The summed E-state index contributed by atoms with van der Waals surface area (Å²) in [4.78, 5) is 49.9. The SMILES string of the molecule is C=CCOCC(C)(COCC=C)C(=O)NCCCCCCN(CP(=O)(O)O)CP(=O)(O)O. The van der Waals surface area contributed by atoms with Gasteiger partial charge in [-0.25, -0.2) is 0 Å². The summed E-state index contributed by atoms with van der Waals surface area (Å²) in [5.41, 5.74) is -0.864. The minimum atomic E-state index is -4.42. The van der Waals surface area contributed by atoms with Crippen LogP contribution in [-0.2, 0) is 23.4 Å². The number of carbonyl (C=O) groups excluding carboxylic acids is 1. The molecule has 0 radical (unpaired) electrons. The molecule has 1 amide bonds. The Morgan fingerprint density at radius 3 is 1.84 bits per heavy atom. The third-order valence-electron chi connectivity index (χ3n) is 4.32. The van der Waals surface area contributed by atoms with Gasteiger partial charge in [0.1, 0.15) is 12.6 Å². The fourth-order valence-corrected chi connectivity index (χ4v) is 4.53. The van der Waals surface area contributed by atoms with Gasteiger partial charge in [-0.1, -0.05) is 25.0 Å². The summed E-state index contributed by atoms with van der Waals surface area (Å²) in [6.07, 6.45) is 4.40. The normalized spacial score (nSPS) is 12.7. The van der Waals surface area contributed by atoms with E-state index in [1.54, 1.807) is 19.1 Å². The van der Waals surface area contributed by atoms with E-state index in [0.29, 0.717) is 39.0 Å². The fraction of sp³-hybridized carbons (Fsp3) is 0.737. The predicted octanol–water partition coefficient (Wildman–Crippen LogP) is 1.65. The van der Waals surface area contributed by atoms with Crippen LogP contribution in [0.5, 0.6) is 0 Å². The molecular weight excluding hydrogens is 462 g/mol. The van der Waals surface area contributed by atoms with Gasteiger partial charge < -0.3 is 34.4 Å². The zero-order valence-corrected chi connectivity index (χ0v) is 20.5. The summed E-state index contributed by atoms with van der Waals surface area (Å²) < 4.78 is 33.2. The van der Waals surface area contributed by atoms with Gasteiger partial charge in [0.2, 0.25) is 5.91 Å². The summed E-state index contributed by atoms with van der Waals surface area (Å²) in [7, 11) is -8.84. The maximum atomic E-state index is 12.6. The van der Waals surface area contributed by atoms with E-state index >= 15 is 0 Å². The van der Waals surface area contributed by atoms with Crippen molar-refractivity contribution in [2.45, 2.75) is 32.6 Å². The number of hydrogen-bond donors (Lipinski definition) is 5. The molecular formula is C19H38N2O9P2. The first-order valence-corrected chi connectivity index (χ1v) is 13.9. The molecule has 0 aromatic heterocycles. The number of unbranched alkanes of at least 4 members (excludes halogenated alkanes) is 3. The van der Waals surface area contributed by atoms with Gasteiger partial charge in [0.25, 0.3) is 0 Å². The first-order chi connectivity index (χ1) is 14.8. The van der Waals surface area contributed by atoms with Crippen molar-refractivity contribution in [3.63, 3.8) is 0 Å². The number of ether oxygens (including phenoxy) is 2. The minimum absolute atomic E-state index is 0.155. The van der Waals surface area contributed by atoms with Crippen molar-refractivity contribution in [3.8, 4) is 0 Å². The van der Waals surface area contributed by atoms with Crippen molar-refractivity contribution in [3.05, 3.63) is 25.3 Å². The molecule has 0 aliphatic carbocycles. The van der Waals surface area contributed by atoms with Gasteiger partial charge in [-0.3, -0.25) is 18.8 Å². The molecule has 5 N–H and O–H groups in total. The lowest BCUT2D eigenvalue weighted by molar-refractivity contribution is -0.137. The van der Waals surface area contributed by atoms with Crippen LogP contribution in [0.4, 0.5) is 0 Å². The summed E-state index contributed by atoms with van der Waals surface area (Å²) in [5, 5.41) is 2.87. The van der Waals surface area contributed by atoms with Crippen LogP contribution in [0.15, 0.2) is 25.3 Å². The molecule has 0 aliphatic rings. The number of rotatable bonds is 20. The van der Waals surface area contributed by atoms with Crippen LogP contribution in [0, 0.1) is 5.41 Å². The molecule has 0 saturated heterocycles. The van der Waals surface area contributed by atoms with Gasteiger partial charge in [0.05, 0.1) is 31.8 Å². The van der Waals surface area contributed by atoms with Crippen molar-refractivity contribution in [1.82, 2.24) is 10.2 Å². The Bertz CT molecular complexity index is 625. The highest BCUT2D eigenvalue weighted by molar-refractivity contribution is 7.52. The molecule has 0 fully saturated rings. The maximum Gasteiger partial charge on any atom is 0.339 e. The van der Waals surface area contributed by atoms with E-state index in [0.717, 1.165) is 11.3 Å². The monoisotopic (exact) mass is 500 g/mol. The topological polar surface area (TPSA) is 166 Å². The molecule has 0 rings (SSSR count). The number of nitrogens with one attached hydrogen (secondary N) is 1. The molecule has 0 spiro atoms. The van der Waals surface area contributed by atoms with Gasteiger partial charge in [0, 0.05) is 6.54 Å². The van der Waals surface area contributed by atoms with Crippen molar-refractivity contribution >= 4 is 21.1 Å². The molecule has 0 aliphatic heterocycles. The van der Waals surface area contributed by atoms with Gasteiger partial charge in [0.15, 0.2) is 0 Å². The number of carbonyl (C=O) groups is 1. The second-order valence-corrected chi connectivity index (χ2v) is 11.1. The third-order valence-corrected chi connectivity index (χ3v) is 5.85. The molecule has 0 aromatic rings. The van der Waals surface area contributed by atoms with E-state index in [2.05, 4.69) is 18.5 Å². The average molecular weight is 500 g/mol. The Balaban J connectivity index is 4.36. The second kappa shape index (κ2) is 15.9. The van der Waals surface area contributed by atoms with Crippen LogP contribution in [0.3, 0.4) is 0 Å². The second-order valence-electron chi connectivity index (χ2n) is 7.85. The molecule has 0 saturated carbocycles. The van der Waals surface area contributed by atoms with E-state index in [1.165, 1.54) is 0 Å². The highest BCUT2D eigenvalue weighted by atomic mass is 31.2. The van der Waals surface area contributed by atoms with Gasteiger partial charge in [-0.2, -0.15) is 0 Å². The average Bonchev–Trinajstić information content (AvgIpc) is 2.64. The Kier molecular flexibility index (Phi) is 15.4. The number of amides is 1. The fourth-order valence-electron chi connectivity index (χ4n) is 2.84. The van der Waals surface area contributed by atoms with E-state index in [1.807, 2.05) is 0 Å². The Hall–Kier alpha value is -0.870. The molecule has 188 valence electrons. The summed E-state index contributed by atoms with van der Waals surface area (Å²) in [6.45, 7) is 10.5. The van der Waals surface area contributed by atoms with Crippen molar-refractivity contribution < 1.29 is 43.0 Å². The zero-order valence-electron chi connectivity index (χ0n) is 18.7. The minimum Gasteiger partial charge on any atom is -0.376 e. The number of hydrogen-bond acceptors (Lipinski definition) is 6. The van der Waals surface area contributed by atoms with Crippen molar-refractivity contribution in [1.29, 1.82) is 0 Å². The first-order valence-electron chi connectivity index (χ1n) is 10.3. The highest BCUT2D eigenvalue weighted by Gasteiger charge is 2.33. The van der Waals surface area contributed by atoms with Gasteiger partial charge >= 0.3 is 15.2 Å². The molecule has 32 heavy (non-hydrogen) atoms. The Morgan fingerprint density at radius 1 is 0.938 bits per heavy atom. The van der Waals surface area contributed by atoms with Crippen LogP contribution in [-0.4, -0.2) is 82.5 Å². The van der Waals surface area contributed by atoms with Crippen molar-refractivity contribution in [2.24, 2.45) is 5.41 Å². The quantitative estimate of drug-likeness (QED) is 0.0942. The number of nitrogens with zero attached hydrogens (tertiary/aromatic N) is 1. The lowest BCUT2D eigenvalue weighted by atomic mass is 9.91. The summed E-state index contributed by atoms with van der Waals surface area (Å²) in [6, 6.07) is 0. The summed E-state index contributed by atoms with van der Waals surface area (Å²) in [5.74, 6) is -0.194. The van der Waals surface area contributed by atoms with Crippen LogP contribution in [0.25, 0.3) is 0 Å². The van der Waals surface area contributed by atoms with E-state index in [4.69, 9.17) is 29.0 Å². The van der Waals surface area contributed by atoms with Crippen molar-refractivity contribution in [2.75, 3.05) is 52.1 Å².